The number of carbonyl (C=O) groups excluding carboxylic acids is 2. The van der Waals surface area contributed by atoms with Crippen LogP contribution in [0.5, 0.6) is 5.75 Å². The molecule has 1 atom stereocenters. The molecule has 1 aromatic heterocycles. The molecule has 2 saturated heterocycles. The van der Waals surface area contributed by atoms with Crippen molar-refractivity contribution in [3.8, 4) is 5.75 Å². The molecule has 3 heterocycles. The maximum atomic E-state index is 13.1. The first-order chi connectivity index (χ1) is 16.0. The molecule has 2 aromatic rings. The fourth-order valence-electron chi connectivity index (χ4n) is 4.81. The second-order valence-electron chi connectivity index (χ2n) is 9.14. The van der Waals surface area contributed by atoms with Crippen LogP contribution in [-0.2, 0) is 18.4 Å². The van der Waals surface area contributed by atoms with Crippen LogP contribution in [0.3, 0.4) is 0 Å². The minimum Gasteiger partial charge on any atom is -0.494 e. The Morgan fingerprint density at radius 3 is 2.55 bits per heavy atom. The normalized spacial score (nSPS) is 19.5. The lowest BCUT2D eigenvalue weighted by atomic mass is 9.99. The van der Waals surface area contributed by atoms with Gasteiger partial charge < -0.3 is 14.5 Å². The minimum absolute atomic E-state index is 0.0705. The van der Waals surface area contributed by atoms with Crippen molar-refractivity contribution in [1.82, 2.24) is 24.5 Å². The van der Waals surface area contributed by atoms with E-state index in [1.165, 1.54) is 5.56 Å². The lowest BCUT2D eigenvalue weighted by Crippen LogP contribution is -2.45. The van der Waals surface area contributed by atoms with Crippen molar-refractivity contribution >= 4 is 12.3 Å². The molecule has 2 fully saturated rings. The van der Waals surface area contributed by atoms with Gasteiger partial charge in [0.25, 0.3) is 5.91 Å². The Labute approximate surface area is 196 Å². The predicted molar refractivity (Wildman–Crippen MR) is 126 cm³/mol. The van der Waals surface area contributed by atoms with Gasteiger partial charge in [-0.3, -0.25) is 19.2 Å². The van der Waals surface area contributed by atoms with Gasteiger partial charge in [0.2, 0.25) is 6.41 Å². The standard InChI is InChI=1S/C25H35N5O3/c1-20-17-24(27(2)26-20)25(32)30-11-4-3-5-22(30)10-16-33-23-8-6-21(7-9-23)18-28-12-14-29(19-31)15-13-28/h6-9,17,19,22H,3-5,10-16,18H2,1-2H3/t22-/m0/s1. The topological polar surface area (TPSA) is 70.9 Å². The molecule has 0 radical (unpaired) electrons. The van der Waals surface area contributed by atoms with E-state index in [-0.39, 0.29) is 11.9 Å². The first-order valence-corrected chi connectivity index (χ1v) is 12.0. The number of ether oxygens (including phenoxy) is 1. The summed E-state index contributed by atoms with van der Waals surface area (Å²) in [6.45, 7) is 7.60. The third-order valence-corrected chi connectivity index (χ3v) is 6.71. The first kappa shape index (κ1) is 23.3. The highest BCUT2D eigenvalue weighted by Crippen LogP contribution is 2.23. The van der Waals surface area contributed by atoms with E-state index >= 15 is 0 Å². The zero-order valence-electron chi connectivity index (χ0n) is 19.8. The highest BCUT2D eigenvalue weighted by atomic mass is 16.5. The predicted octanol–water partition coefficient (Wildman–Crippen LogP) is 2.47. The maximum absolute atomic E-state index is 13.1. The first-order valence-electron chi connectivity index (χ1n) is 12.0. The number of aromatic nitrogens is 2. The lowest BCUT2D eigenvalue weighted by molar-refractivity contribution is -0.119. The third-order valence-electron chi connectivity index (χ3n) is 6.71. The monoisotopic (exact) mass is 453 g/mol. The van der Waals surface area contributed by atoms with Crippen molar-refractivity contribution in [2.75, 3.05) is 39.3 Å². The van der Waals surface area contributed by atoms with E-state index in [1.807, 2.05) is 42.0 Å². The molecule has 0 saturated carbocycles. The van der Waals surface area contributed by atoms with E-state index in [9.17, 15) is 9.59 Å². The molecule has 4 rings (SSSR count). The average molecular weight is 454 g/mol. The second kappa shape index (κ2) is 10.8. The van der Waals surface area contributed by atoms with Gasteiger partial charge in [0.1, 0.15) is 11.4 Å². The van der Waals surface area contributed by atoms with Gasteiger partial charge >= 0.3 is 0 Å². The number of likely N-dealkylation sites (tertiary alicyclic amines) is 1. The van der Waals surface area contributed by atoms with Gasteiger partial charge in [0.15, 0.2) is 0 Å². The summed E-state index contributed by atoms with van der Waals surface area (Å²) in [6.07, 6.45) is 4.97. The molecule has 0 N–H and O–H groups in total. The molecule has 2 amide bonds. The van der Waals surface area contributed by atoms with Crippen molar-refractivity contribution in [2.24, 2.45) is 7.05 Å². The third kappa shape index (κ3) is 5.93. The van der Waals surface area contributed by atoms with Crippen LogP contribution < -0.4 is 4.74 Å². The average Bonchev–Trinajstić information content (AvgIpc) is 3.18. The van der Waals surface area contributed by atoms with Crippen LogP contribution in [0.1, 0.15) is 47.4 Å². The van der Waals surface area contributed by atoms with Gasteiger partial charge in [-0.25, -0.2) is 0 Å². The minimum atomic E-state index is 0.0705. The van der Waals surface area contributed by atoms with Crippen molar-refractivity contribution in [1.29, 1.82) is 0 Å². The van der Waals surface area contributed by atoms with E-state index in [4.69, 9.17) is 4.74 Å². The molecule has 178 valence electrons. The number of amides is 2. The Morgan fingerprint density at radius 1 is 1.12 bits per heavy atom. The Morgan fingerprint density at radius 2 is 1.88 bits per heavy atom. The highest BCUT2D eigenvalue weighted by molar-refractivity contribution is 5.93. The van der Waals surface area contributed by atoms with Crippen molar-refractivity contribution in [3.05, 3.63) is 47.3 Å². The van der Waals surface area contributed by atoms with E-state index in [0.717, 1.165) is 82.8 Å². The molecular formula is C25H35N5O3. The molecule has 0 bridgehead atoms. The number of rotatable bonds is 8. The quantitative estimate of drug-likeness (QED) is 0.575. The van der Waals surface area contributed by atoms with E-state index in [2.05, 4.69) is 22.1 Å². The van der Waals surface area contributed by atoms with E-state index < -0.39 is 0 Å². The summed E-state index contributed by atoms with van der Waals surface area (Å²) in [7, 11) is 1.83. The number of piperazine rings is 1. The van der Waals surface area contributed by atoms with Gasteiger partial charge in [-0.2, -0.15) is 5.10 Å². The van der Waals surface area contributed by atoms with Crippen molar-refractivity contribution in [2.45, 2.75) is 45.2 Å². The number of hydrogen-bond acceptors (Lipinski definition) is 5. The molecule has 0 aliphatic carbocycles. The van der Waals surface area contributed by atoms with Crippen LogP contribution in [0, 0.1) is 6.92 Å². The number of piperidine rings is 1. The van der Waals surface area contributed by atoms with Crippen LogP contribution in [0.15, 0.2) is 30.3 Å². The van der Waals surface area contributed by atoms with Gasteiger partial charge in [-0.15, -0.1) is 0 Å². The Balaban J connectivity index is 1.26. The van der Waals surface area contributed by atoms with E-state index in [1.54, 1.807) is 4.68 Å². The smallest absolute Gasteiger partial charge is 0.272 e. The fourth-order valence-corrected chi connectivity index (χ4v) is 4.81. The number of benzene rings is 1. The Kier molecular flexibility index (Phi) is 7.65. The molecule has 2 aliphatic heterocycles. The SMILES string of the molecule is Cc1cc(C(=O)N2CCCC[C@H]2CCOc2ccc(CN3CCN(C=O)CC3)cc2)n(C)n1. The van der Waals surface area contributed by atoms with Crippen LogP contribution in [0.4, 0.5) is 0 Å². The summed E-state index contributed by atoms with van der Waals surface area (Å²) in [6, 6.07) is 10.4. The molecule has 0 spiro atoms. The molecule has 1 aromatic carbocycles. The van der Waals surface area contributed by atoms with Crippen molar-refractivity contribution in [3.63, 3.8) is 0 Å². The van der Waals surface area contributed by atoms with Gasteiger partial charge in [0.05, 0.1) is 12.3 Å². The lowest BCUT2D eigenvalue weighted by Gasteiger charge is -2.35. The van der Waals surface area contributed by atoms with Crippen LogP contribution in [0.25, 0.3) is 0 Å². The number of nitrogens with zero attached hydrogens (tertiary/aromatic N) is 5. The van der Waals surface area contributed by atoms with Crippen LogP contribution in [-0.4, -0.2) is 82.2 Å². The van der Waals surface area contributed by atoms with E-state index in [0.29, 0.717) is 12.3 Å². The summed E-state index contributed by atoms with van der Waals surface area (Å²) in [5.74, 6) is 0.932. The molecule has 33 heavy (non-hydrogen) atoms. The molecule has 2 aliphatic rings. The summed E-state index contributed by atoms with van der Waals surface area (Å²) in [5, 5.41) is 4.33. The zero-order chi connectivity index (χ0) is 23.2. The maximum Gasteiger partial charge on any atom is 0.272 e. The summed E-state index contributed by atoms with van der Waals surface area (Å²) in [5.41, 5.74) is 2.77. The number of hydrogen-bond donors (Lipinski definition) is 0. The van der Waals surface area contributed by atoms with Crippen LogP contribution >= 0.6 is 0 Å². The molecular weight excluding hydrogens is 418 g/mol. The number of aryl methyl sites for hydroxylation is 2. The fraction of sp³-hybridized carbons (Fsp3) is 0.560. The van der Waals surface area contributed by atoms with Gasteiger partial charge in [-0.1, -0.05) is 12.1 Å². The molecule has 8 heteroatoms. The van der Waals surface area contributed by atoms with Gasteiger partial charge in [0, 0.05) is 58.8 Å². The van der Waals surface area contributed by atoms with Crippen molar-refractivity contribution < 1.29 is 14.3 Å². The molecule has 0 unspecified atom stereocenters. The second-order valence-corrected chi connectivity index (χ2v) is 9.14. The summed E-state index contributed by atoms with van der Waals surface area (Å²) in [4.78, 5) is 30.2. The van der Waals surface area contributed by atoms with Crippen LogP contribution in [0.2, 0.25) is 0 Å². The van der Waals surface area contributed by atoms with Gasteiger partial charge in [-0.05, 0) is 49.9 Å². The summed E-state index contributed by atoms with van der Waals surface area (Å²) >= 11 is 0. The number of carbonyl (C=O) groups is 2. The Bertz CT molecular complexity index is 934. The highest BCUT2D eigenvalue weighted by Gasteiger charge is 2.29. The zero-order valence-corrected chi connectivity index (χ0v) is 19.8. The largest absolute Gasteiger partial charge is 0.494 e. The summed E-state index contributed by atoms with van der Waals surface area (Å²) < 4.78 is 7.71. The Hall–Kier alpha value is -2.87. The molecule has 8 nitrogen and oxygen atoms in total.